The van der Waals surface area contributed by atoms with Crippen LogP contribution in [0.3, 0.4) is 0 Å². The Hall–Kier alpha value is -3.68. The highest BCUT2D eigenvalue weighted by Crippen LogP contribution is 2.40. The van der Waals surface area contributed by atoms with E-state index in [2.05, 4.69) is 15.5 Å². The minimum absolute atomic E-state index is 0. The Kier molecular flexibility index (Phi) is 7.25. The maximum Gasteiger partial charge on any atom is 0.355 e. The largest absolute Gasteiger partial charge is 0.791 e. The van der Waals surface area contributed by atoms with Crippen LogP contribution in [-0.2, 0) is 10.3 Å². The molecule has 32 heavy (non-hydrogen) atoms. The number of rotatable bonds is 7. The lowest BCUT2D eigenvalue weighted by atomic mass is 9.77. The minimum atomic E-state index is -1.41. The van der Waals surface area contributed by atoms with Gasteiger partial charge in [0.15, 0.2) is 10.8 Å². The molecule has 3 aromatic carbocycles. The molecule has 0 aliphatic heterocycles. The van der Waals surface area contributed by atoms with E-state index in [9.17, 15) is 15.1 Å². The lowest BCUT2D eigenvalue weighted by Gasteiger charge is -2.36. The predicted molar refractivity (Wildman–Crippen MR) is 130 cm³/mol. The first-order chi connectivity index (χ1) is 15.1. The first-order valence-electron chi connectivity index (χ1n) is 9.49. The van der Waals surface area contributed by atoms with E-state index in [-0.39, 0.29) is 18.1 Å². The van der Waals surface area contributed by atoms with E-state index in [0.29, 0.717) is 5.13 Å². The second-order valence-corrected chi connectivity index (χ2v) is 7.61. The smallest absolute Gasteiger partial charge is 0.355 e. The van der Waals surface area contributed by atoms with Crippen molar-refractivity contribution in [2.45, 2.75) is 5.54 Å². The van der Waals surface area contributed by atoms with E-state index in [0.717, 1.165) is 16.7 Å². The summed E-state index contributed by atoms with van der Waals surface area (Å²) < 4.78 is 0. The third-order valence-corrected chi connectivity index (χ3v) is 5.71. The molecule has 4 aromatic rings. The Morgan fingerprint density at radius 2 is 1.31 bits per heavy atom. The minimum Gasteiger partial charge on any atom is -0.791 e. The number of nitrogens with one attached hydrogen (secondary N) is 1. The number of aliphatic carboxylic acids is 1. The molecule has 1 heterocycles. The van der Waals surface area contributed by atoms with Crippen LogP contribution in [0, 0.1) is 5.21 Å². The van der Waals surface area contributed by atoms with E-state index in [1.165, 1.54) is 16.7 Å². The fourth-order valence-corrected chi connectivity index (χ4v) is 4.33. The highest BCUT2D eigenvalue weighted by atomic mass is 35.5. The molecule has 1 aromatic heterocycles. The van der Waals surface area contributed by atoms with Crippen LogP contribution >= 0.6 is 23.7 Å². The number of benzene rings is 3. The lowest BCUT2D eigenvalue weighted by Crippen LogP contribution is -2.38. The highest BCUT2D eigenvalue weighted by molar-refractivity contribution is 7.14. The van der Waals surface area contributed by atoms with Crippen LogP contribution in [0.15, 0.2) is 102 Å². The zero-order valence-electron chi connectivity index (χ0n) is 16.7. The number of hydrogen-bond acceptors (Lipinski definition) is 6. The quantitative estimate of drug-likeness (QED) is 0.218. The molecular formula is C24H19ClN3O3S-. The van der Waals surface area contributed by atoms with Gasteiger partial charge in [0.05, 0.1) is 0 Å². The summed E-state index contributed by atoms with van der Waals surface area (Å²) in [6, 6.07) is 29.9. The van der Waals surface area contributed by atoms with Crippen LogP contribution in [-0.4, -0.2) is 21.8 Å². The van der Waals surface area contributed by atoms with E-state index in [4.69, 9.17) is 0 Å². The van der Waals surface area contributed by atoms with Crippen molar-refractivity contribution < 1.29 is 9.90 Å². The molecule has 4 rings (SSSR count). The van der Waals surface area contributed by atoms with Gasteiger partial charge in [-0.3, -0.25) is 0 Å². The van der Waals surface area contributed by atoms with Crippen LogP contribution in [0.25, 0.3) is 0 Å². The summed E-state index contributed by atoms with van der Waals surface area (Å²) >= 11 is 1.22. The average molecular weight is 465 g/mol. The van der Waals surface area contributed by atoms with E-state index >= 15 is 0 Å². The van der Waals surface area contributed by atoms with Crippen molar-refractivity contribution in [3.63, 3.8) is 0 Å². The molecule has 0 radical (unpaired) electrons. The molecule has 0 atom stereocenters. The van der Waals surface area contributed by atoms with Gasteiger partial charge in [-0.25, -0.2) is 9.78 Å². The molecule has 0 saturated heterocycles. The van der Waals surface area contributed by atoms with Crippen molar-refractivity contribution in [2.24, 2.45) is 5.16 Å². The van der Waals surface area contributed by atoms with Crippen LogP contribution in [0.4, 0.5) is 5.13 Å². The molecule has 0 amide bonds. The molecule has 6 nitrogen and oxygen atoms in total. The summed E-state index contributed by atoms with van der Waals surface area (Å²) in [5, 5.41) is 28.3. The zero-order chi connectivity index (χ0) is 21.7. The third-order valence-electron chi connectivity index (χ3n) is 4.96. The Morgan fingerprint density at radius 1 is 0.875 bits per heavy atom. The second kappa shape index (κ2) is 10.1. The van der Waals surface area contributed by atoms with E-state index < -0.39 is 17.2 Å². The third kappa shape index (κ3) is 4.34. The van der Waals surface area contributed by atoms with Gasteiger partial charge < -0.3 is 20.8 Å². The molecule has 0 aliphatic rings. The van der Waals surface area contributed by atoms with Crippen molar-refractivity contribution >= 4 is 40.6 Å². The molecule has 2 N–H and O–H groups in total. The predicted octanol–water partition coefficient (Wildman–Crippen LogP) is 5.34. The van der Waals surface area contributed by atoms with Gasteiger partial charge in [0.25, 0.3) is 0 Å². The second-order valence-electron chi connectivity index (χ2n) is 6.76. The number of hydrogen-bond donors (Lipinski definition) is 2. The molecule has 0 bridgehead atoms. The van der Waals surface area contributed by atoms with Crippen molar-refractivity contribution in [3.8, 4) is 0 Å². The summed E-state index contributed by atoms with van der Waals surface area (Å²) in [6.07, 6.45) is 0. The topological polar surface area (TPSA) is 97.6 Å². The van der Waals surface area contributed by atoms with Crippen LogP contribution in [0.2, 0.25) is 0 Å². The Morgan fingerprint density at radius 3 is 1.69 bits per heavy atom. The number of halogens is 1. The lowest BCUT2D eigenvalue weighted by molar-refractivity contribution is -0.129. The first-order valence-corrected chi connectivity index (χ1v) is 10.4. The highest BCUT2D eigenvalue weighted by Gasteiger charge is 2.37. The van der Waals surface area contributed by atoms with Gasteiger partial charge >= 0.3 is 5.97 Å². The van der Waals surface area contributed by atoms with Crippen LogP contribution in [0.5, 0.6) is 0 Å². The zero-order valence-corrected chi connectivity index (χ0v) is 18.3. The number of aromatic nitrogens is 1. The van der Waals surface area contributed by atoms with Gasteiger partial charge in [0, 0.05) is 5.38 Å². The van der Waals surface area contributed by atoms with E-state index in [1.807, 2.05) is 91.0 Å². The van der Waals surface area contributed by atoms with Gasteiger partial charge in [-0.1, -0.05) is 91.0 Å². The Balaban J connectivity index is 0.00000289. The standard InChI is InChI=1S/C24H19N3O3S.ClH/c28-22(29)21(27-30)20-16-31-23(25-20)26-24(17-10-4-1-5-11-17,18-12-6-2-7-13-18)19-14-8-3-9-15-19;/h1-16,30H,(H,25,26)(H,28,29);1H/p-1/b27-21-;. The van der Waals surface area contributed by atoms with Crippen molar-refractivity contribution in [1.82, 2.24) is 4.98 Å². The fourth-order valence-electron chi connectivity index (χ4n) is 3.58. The summed E-state index contributed by atoms with van der Waals surface area (Å²) in [4.78, 5) is 15.7. The number of carboxylic acids is 1. The first kappa shape index (κ1) is 23.0. The van der Waals surface area contributed by atoms with E-state index in [1.54, 1.807) is 0 Å². The maximum atomic E-state index is 11.3. The Labute approximate surface area is 195 Å². The van der Waals surface area contributed by atoms with Crippen LogP contribution < -0.4 is 5.32 Å². The molecule has 0 unspecified atom stereocenters. The molecular weight excluding hydrogens is 446 g/mol. The number of anilines is 1. The summed E-state index contributed by atoms with van der Waals surface area (Å²) in [5.74, 6) is -1.41. The SMILES string of the molecule is Cl.O=C(O)/C(=N\[O-])c1csc(NC(c2ccccc2)(c2ccccc2)c2ccccc2)n1. The fraction of sp³-hybridized carbons (Fsp3) is 0.0417. The Bertz CT molecular complexity index is 1100. The molecule has 162 valence electrons. The summed E-state index contributed by atoms with van der Waals surface area (Å²) in [5.41, 5.74) is 1.57. The molecule has 8 heteroatoms. The number of nitrogens with zero attached hydrogens (tertiary/aromatic N) is 2. The van der Waals surface area contributed by atoms with Crippen molar-refractivity contribution in [1.29, 1.82) is 0 Å². The number of thiazole rings is 1. The maximum absolute atomic E-state index is 11.3. The average Bonchev–Trinajstić information content (AvgIpc) is 3.27. The molecule has 0 saturated carbocycles. The van der Waals surface area contributed by atoms with Crippen molar-refractivity contribution in [3.05, 3.63) is 124 Å². The van der Waals surface area contributed by atoms with Crippen LogP contribution in [0.1, 0.15) is 22.4 Å². The van der Waals surface area contributed by atoms with Gasteiger partial charge in [-0.05, 0) is 16.7 Å². The van der Waals surface area contributed by atoms with Gasteiger partial charge in [-0.15, -0.1) is 23.7 Å². The molecule has 0 spiro atoms. The van der Waals surface area contributed by atoms with Gasteiger partial charge in [0.2, 0.25) is 0 Å². The van der Waals surface area contributed by atoms with Gasteiger partial charge in [0.1, 0.15) is 11.2 Å². The summed E-state index contributed by atoms with van der Waals surface area (Å²) in [7, 11) is 0. The molecule has 0 aliphatic carbocycles. The summed E-state index contributed by atoms with van der Waals surface area (Å²) in [6.45, 7) is 0. The molecule has 0 fully saturated rings. The number of carbonyl (C=O) groups is 1. The van der Waals surface area contributed by atoms with Gasteiger partial charge in [-0.2, -0.15) is 0 Å². The van der Waals surface area contributed by atoms with Crippen molar-refractivity contribution in [2.75, 3.05) is 5.32 Å². The normalized spacial score (nSPS) is 11.4. The number of carboxylic acid groups (broad SMARTS) is 1. The monoisotopic (exact) mass is 464 g/mol.